The fourth-order valence-electron chi connectivity index (χ4n) is 3.80. The van der Waals surface area contributed by atoms with Crippen molar-refractivity contribution in [2.45, 2.75) is 70.8 Å². The zero-order valence-corrected chi connectivity index (χ0v) is 11.3. The summed E-state index contributed by atoms with van der Waals surface area (Å²) >= 11 is 0. The Hall–Kier alpha value is -0.300. The predicted octanol–water partition coefficient (Wildman–Crippen LogP) is 4.05. The molecule has 17 heavy (non-hydrogen) atoms. The van der Waals surface area contributed by atoms with Gasteiger partial charge in [0.1, 0.15) is 0 Å². The lowest BCUT2D eigenvalue weighted by Gasteiger charge is -2.50. The Balaban J connectivity index is 1.65. The lowest BCUT2D eigenvalue weighted by molar-refractivity contribution is 0.0842. The fourth-order valence-corrected chi connectivity index (χ4v) is 3.80. The minimum atomic E-state index is 0.587. The molecule has 2 saturated carbocycles. The Labute approximate surface area is 106 Å². The van der Waals surface area contributed by atoms with Crippen LogP contribution < -0.4 is 5.32 Å². The van der Waals surface area contributed by atoms with Crippen molar-refractivity contribution in [3.05, 3.63) is 11.6 Å². The van der Waals surface area contributed by atoms with Crippen molar-refractivity contribution in [3.63, 3.8) is 0 Å². The smallest absolute Gasteiger partial charge is 0.00685 e. The summed E-state index contributed by atoms with van der Waals surface area (Å²) in [7, 11) is 0. The number of hydrogen-bond acceptors (Lipinski definition) is 1. The van der Waals surface area contributed by atoms with Gasteiger partial charge < -0.3 is 5.32 Å². The van der Waals surface area contributed by atoms with E-state index in [1.54, 1.807) is 0 Å². The summed E-state index contributed by atoms with van der Waals surface area (Å²) in [6, 6.07) is 0.872. The van der Waals surface area contributed by atoms with E-state index in [4.69, 9.17) is 0 Å². The van der Waals surface area contributed by atoms with Gasteiger partial charge in [-0.1, -0.05) is 25.0 Å². The van der Waals surface area contributed by atoms with Crippen molar-refractivity contribution in [2.24, 2.45) is 11.3 Å². The Kier molecular flexibility index (Phi) is 3.30. The quantitative estimate of drug-likeness (QED) is 0.707. The second-order valence-electron chi connectivity index (χ2n) is 6.59. The number of rotatable bonds is 5. The third-order valence-corrected chi connectivity index (χ3v) is 5.21. The largest absolute Gasteiger partial charge is 0.313 e. The van der Waals surface area contributed by atoms with E-state index in [2.05, 4.69) is 18.3 Å². The molecule has 0 radical (unpaired) electrons. The first-order valence-corrected chi connectivity index (χ1v) is 7.75. The van der Waals surface area contributed by atoms with E-state index in [9.17, 15) is 0 Å². The minimum Gasteiger partial charge on any atom is -0.313 e. The standard InChI is InChI=1S/C16H27N/c1-2-13-10-16(11-13,12-17-15-8-9-15)14-6-4-3-5-7-14/h6,13,15,17H,2-5,7-12H2,1H3. The lowest BCUT2D eigenvalue weighted by Crippen LogP contribution is -2.47. The molecule has 0 aromatic carbocycles. The van der Waals surface area contributed by atoms with Crippen molar-refractivity contribution in [1.29, 1.82) is 0 Å². The molecular weight excluding hydrogens is 206 g/mol. The van der Waals surface area contributed by atoms with Crippen LogP contribution in [0.4, 0.5) is 0 Å². The highest BCUT2D eigenvalue weighted by Crippen LogP contribution is 2.54. The van der Waals surface area contributed by atoms with E-state index in [1.807, 2.05) is 5.57 Å². The minimum absolute atomic E-state index is 0.587. The molecule has 1 nitrogen and oxygen atoms in total. The molecule has 0 aliphatic heterocycles. The maximum absolute atomic E-state index is 3.80. The molecule has 0 aromatic heterocycles. The summed E-state index contributed by atoms with van der Waals surface area (Å²) in [6.45, 7) is 3.64. The first-order valence-electron chi connectivity index (χ1n) is 7.75. The van der Waals surface area contributed by atoms with Crippen LogP contribution >= 0.6 is 0 Å². The molecule has 0 unspecified atom stereocenters. The number of nitrogens with one attached hydrogen (secondary N) is 1. The zero-order valence-electron chi connectivity index (χ0n) is 11.3. The average molecular weight is 233 g/mol. The zero-order chi connectivity index (χ0) is 11.7. The summed E-state index contributed by atoms with van der Waals surface area (Å²) in [5.74, 6) is 1.01. The molecule has 0 saturated heterocycles. The SMILES string of the molecule is CCC1CC(CNC2CC2)(C2=CCCCC2)C1. The summed E-state index contributed by atoms with van der Waals surface area (Å²) in [4.78, 5) is 0. The monoisotopic (exact) mass is 233 g/mol. The topological polar surface area (TPSA) is 12.0 Å². The van der Waals surface area contributed by atoms with E-state index >= 15 is 0 Å². The van der Waals surface area contributed by atoms with E-state index < -0.39 is 0 Å². The van der Waals surface area contributed by atoms with Gasteiger partial charge >= 0.3 is 0 Å². The maximum atomic E-state index is 3.80. The molecule has 1 heteroatoms. The van der Waals surface area contributed by atoms with Gasteiger partial charge in [-0.15, -0.1) is 0 Å². The van der Waals surface area contributed by atoms with Gasteiger partial charge in [0.15, 0.2) is 0 Å². The van der Waals surface area contributed by atoms with Crippen LogP contribution in [0.3, 0.4) is 0 Å². The molecule has 0 amide bonds. The van der Waals surface area contributed by atoms with Crippen LogP contribution in [0.15, 0.2) is 11.6 Å². The van der Waals surface area contributed by atoms with E-state index in [1.165, 1.54) is 64.3 Å². The number of allylic oxidation sites excluding steroid dienone is 1. The van der Waals surface area contributed by atoms with Gasteiger partial charge in [-0.3, -0.25) is 0 Å². The van der Waals surface area contributed by atoms with E-state index in [0.717, 1.165) is 12.0 Å². The molecule has 3 aliphatic carbocycles. The first-order chi connectivity index (χ1) is 8.32. The summed E-state index contributed by atoms with van der Waals surface area (Å²) in [5, 5.41) is 3.80. The molecule has 2 fully saturated rings. The lowest BCUT2D eigenvalue weighted by atomic mass is 9.56. The summed E-state index contributed by atoms with van der Waals surface area (Å²) < 4.78 is 0. The maximum Gasteiger partial charge on any atom is 0.00685 e. The highest BCUT2D eigenvalue weighted by molar-refractivity contribution is 5.22. The molecule has 0 aromatic rings. The van der Waals surface area contributed by atoms with Gasteiger partial charge in [0.25, 0.3) is 0 Å². The van der Waals surface area contributed by atoms with Crippen LogP contribution in [0.1, 0.15) is 64.7 Å². The fraction of sp³-hybridized carbons (Fsp3) is 0.875. The van der Waals surface area contributed by atoms with Crippen LogP contribution in [0.5, 0.6) is 0 Å². The van der Waals surface area contributed by atoms with Gasteiger partial charge in [-0.05, 0) is 57.3 Å². The van der Waals surface area contributed by atoms with Gasteiger partial charge in [0.05, 0.1) is 0 Å². The second-order valence-corrected chi connectivity index (χ2v) is 6.59. The highest BCUT2D eigenvalue weighted by Gasteiger charge is 2.46. The third-order valence-electron chi connectivity index (χ3n) is 5.21. The summed E-state index contributed by atoms with van der Waals surface area (Å²) in [6.07, 6.45) is 15.4. The van der Waals surface area contributed by atoms with Crippen molar-refractivity contribution < 1.29 is 0 Å². The van der Waals surface area contributed by atoms with Crippen molar-refractivity contribution >= 4 is 0 Å². The van der Waals surface area contributed by atoms with Crippen LogP contribution in [0.2, 0.25) is 0 Å². The van der Waals surface area contributed by atoms with Gasteiger partial charge in [0.2, 0.25) is 0 Å². The molecule has 3 rings (SSSR count). The molecule has 96 valence electrons. The van der Waals surface area contributed by atoms with Crippen molar-refractivity contribution in [2.75, 3.05) is 6.54 Å². The van der Waals surface area contributed by atoms with Crippen LogP contribution in [0.25, 0.3) is 0 Å². The molecule has 1 N–H and O–H groups in total. The Morgan fingerprint density at radius 1 is 1.29 bits per heavy atom. The molecule has 0 heterocycles. The average Bonchev–Trinajstić information content (AvgIpc) is 3.13. The third kappa shape index (κ3) is 2.45. The van der Waals surface area contributed by atoms with E-state index in [-0.39, 0.29) is 0 Å². The molecular formula is C16H27N. The van der Waals surface area contributed by atoms with Crippen molar-refractivity contribution in [3.8, 4) is 0 Å². The van der Waals surface area contributed by atoms with Crippen LogP contribution in [0, 0.1) is 11.3 Å². The molecule has 0 bridgehead atoms. The Morgan fingerprint density at radius 3 is 2.71 bits per heavy atom. The molecule has 0 spiro atoms. The number of hydrogen-bond donors (Lipinski definition) is 1. The predicted molar refractivity (Wildman–Crippen MR) is 73.0 cm³/mol. The highest BCUT2D eigenvalue weighted by atomic mass is 15.0. The van der Waals surface area contributed by atoms with E-state index in [0.29, 0.717) is 5.41 Å². The van der Waals surface area contributed by atoms with Crippen LogP contribution in [-0.4, -0.2) is 12.6 Å². The van der Waals surface area contributed by atoms with Crippen LogP contribution in [-0.2, 0) is 0 Å². The van der Waals surface area contributed by atoms with Gasteiger partial charge in [0, 0.05) is 18.0 Å². The molecule has 3 aliphatic rings. The van der Waals surface area contributed by atoms with Gasteiger partial charge in [-0.2, -0.15) is 0 Å². The first kappa shape index (κ1) is 11.8. The van der Waals surface area contributed by atoms with Gasteiger partial charge in [-0.25, -0.2) is 0 Å². The Bertz CT molecular complexity index is 295. The molecule has 0 atom stereocenters. The summed E-state index contributed by atoms with van der Waals surface area (Å²) in [5.41, 5.74) is 2.41. The second kappa shape index (κ2) is 4.76. The Morgan fingerprint density at radius 2 is 2.12 bits per heavy atom. The normalized spacial score (nSPS) is 37.5. The van der Waals surface area contributed by atoms with Crippen molar-refractivity contribution in [1.82, 2.24) is 5.32 Å².